The summed E-state index contributed by atoms with van der Waals surface area (Å²) < 4.78 is 2.00. The van der Waals surface area contributed by atoms with E-state index < -0.39 is 5.60 Å². The van der Waals surface area contributed by atoms with Crippen molar-refractivity contribution >= 4 is 17.3 Å². The van der Waals surface area contributed by atoms with Crippen LogP contribution in [0.25, 0.3) is 0 Å². The van der Waals surface area contributed by atoms with Crippen LogP contribution in [0, 0.1) is 0 Å². The van der Waals surface area contributed by atoms with Crippen molar-refractivity contribution < 1.29 is 5.11 Å². The van der Waals surface area contributed by atoms with Gasteiger partial charge in [-0.15, -0.1) is 0 Å². The molecule has 7 heteroatoms. The van der Waals surface area contributed by atoms with Crippen LogP contribution in [-0.4, -0.2) is 40.3 Å². The molecule has 0 aromatic carbocycles. The highest BCUT2D eigenvalue weighted by Gasteiger charge is 2.23. The molecule has 0 spiro atoms. The molecule has 0 radical (unpaired) electrons. The summed E-state index contributed by atoms with van der Waals surface area (Å²) in [7, 11) is 0. The largest absolute Gasteiger partial charge is 0.383 e. The van der Waals surface area contributed by atoms with Gasteiger partial charge in [0.2, 0.25) is 0 Å². The predicted molar refractivity (Wildman–Crippen MR) is 90.1 cm³/mol. The molecular weight excluding hydrogens is 298 g/mol. The summed E-state index contributed by atoms with van der Waals surface area (Å²) in [5.74, 6) is 0.707. The standard InChI is InChI=1S/C15H23N5OS/c1-3-17-14(18-6-8-20-7-5-16-12-20)19-11-15(2,21)13-4-9-22-10-13/h4-5,7,9-10,12,21H,3,6,8,11H2,1-2H3,(H2,17,18,19). The molecule has 0 bridgehead atoms. The lowest BCUT2D eigenvalue weighted by atomic mass is 10.00. The molecule has 1 atom stereocenters. The molecule has 6 nitrogen and oxygen atoms in total. The molecule has 0 saturated heterocycles. The van der Waals surface area contributed by atoms with Gasteiger partial charge in [0.1, 0.15) is 5.60 Å². The molecule has 2 heterocycles. The summed E-state index contributed by atoms with van der Waals surface area (Å²) in [5, 5.41) is 20.9. The first kappa shape index (κ1) is 16.5. The van der Waals surface area contributed by atoms with Gasteiger partial charge in [-0.2, -0.15) is 11.3 Å². The number of rotatable bonds is 7. The van der Waals surface area contributed by atoms with E-state index in [1.165, 1.54) is 0 Å². The van der Waals surface area contributed by atoms with Crippen molar-refractivity contribution in [2.45, 2.75) is 26.0 Å². The fraction of sp³-hybridized carbons (Fsp3) is 0.467. The van der Waals surface area contributed by atoms with Gasteiger partial charge in [0.05, 0.1) is 12.9 Å². The molecule has 2 aromatic rings. The maximum absolute atomic E-state index is 10.5. The molecule has 2 aromatic heterocycles. The Morgan fingerprint density at radius 3 is 3.00 bits per heavy atom. The van der Waals surface area contributed by atoms with Crippen molar-refractivity contribution in [3.63, 3.8) is 0 Å². The maximum Gasteiger partial charge on any atom is 0.191 e. The summed E-state index contributed by atoms with van der Waals surface area (Å²) in [6.45, 7) is 6.44. The van der Waals surface area contributed by atoms with Gasteiger partial charge in [0.15, 0.2) is 5.96 Å². The Labute approximate surface area is 134 Å². The van der Waals surface area contributed by atoms with Gasteiger partial charge in [0.25, 0.3) is 0 Å². The quantitative estimate of drug-likeness (QED) is 0.532. The molecule has 2 rings (SSSR count). The Bertz CT molecular complexity index is 563. The number of aromatic nitrogens is 2. The van der Waals surface area contributed by atoms with Crippen LogP contribution in [-0.2, 0) is 12.1 Å². The van der Waals surface area contributed by atoms with Gasteiger partial charge in [-0.3, -0.25) is 0 Å². The second kappa shape index (κ2) is 7.95. The van der Waals surface area contributed by atoms with Crippen molar-refractivity contribution in [3.05, 3.63) is 41.1 Å². The van der Waals surface area contributed by atoms with Crippen LogP contribution in [0.2, 0.25) is 0 Å². The van der Waals surface area contributed by atoms with Gasteiger partial charge in [-0.1, -0.05) is 0 Å². The first-order chi connectivity index (χ1) is 10.6. The van der Waals surface area contributed by atoms with Gasteiger partial charge >= 0.3 is 0 Å². The molecule has 0 aliphatic carbocycles. The third-order valence-corrected chi connectivity index (χ3v) is 3.94. The average Bonchev–Trinajstić information content (AvgIpc) is 3.18. The van der Waals surface area contributed by atoms with Crippen LogP contribution >= 0.6 is 11.3 Å². The lowest BCUT2D eigenvalue weighted by Gasteiger charge is -2.21. The van der Waals surface area contributed by atoms with Gasteiger partial charge < -0.3 is 20.3 Å². The molecule has 1 unspecified atom stereocenters. The lowest BCUT2D eigenvalue weighted by molar-refractivity contribution is 0.0677. The zero-order chi connectivity index (χ0) is 15.8. The predicted octanol–water partition coefficient (Wildman–Crippen LogP) is 1.41. The molecule has 0 aliphatic rings. The smallest absolute Gasteiger partial charge is 0.191 e. The number of hydrogen-bond donors (Lipinski definition) is 3. The molecule has 0 aliphatic heterocycles. The van der Waals surface area contributed by atoms with E-state index in [0.717, 1.165) is 25.2 Å². The third-order valence-electron chi connectivity index (χ3n) is 3.25. The second-order valence-corrected chi connectivity index (χ2v) is 5.99. The van der Waals surface area contributed by atoms with Crippen LogP contribution in [0.5, 0.6) is 0 Å². The molecule has 120 valence electrons. The number of aliphatic imine (C=N–C) groups is 1. The monoisotopic (exact) mass is 321 g/mol. The van der Waals surface area contributed by atoms with E-state index in [0.29, 0.717) is 12.5 Å². The molecule has 0 saturated carbocycles. The van der Waals surface area contributed by atoms with E-state index in [2.05, 4.69) is 20.6 Å². The van der Waals surface area contributed by atoms with Gasteiger partial charge in [0, 0.05) is 32.0 Å². The minimum Gasteiger partial charge on any atom is -0.383 e. The lowest BCUT2D eigenvalue weighted by Crippen LogP contribution is -2.40. The number of thiophene rings is 1. The Morgan fingerprint density at radius 1 is 1.50 bits per heavy atom. The van der Waals surface area contributed by atoms with Gasteiger partial charge in [-0.05, 0) is 36.2 Å². The fourth-order valence-corrected chi connectivity index (χ4v) is 2.74. The topological polar surface area (TPSA) is 74.5 Å². The normalized spacial score (nSPS) is 14.6. The minimum absolute atomic E-state index is 0.310. The zero-order valence-electron chi connectivity index (χ0n) is 13.0. The highest BCUT2D eigenvalue weighted by molar-refractivity contribution is 7.08. The summed E-state index contributed by atoms with van der Waals surface area (Å²) in [6.07, 6.45) is 5.47. The Morgan fingerprint density at radius 2 is 2.36 bits per heavy atom. The van der Waals surface area contributed by atoms with E-state index in [4.69, 9.17) is 0 Å². The first-order valence-electron chi connectivity index (χ1n) is 7.35. The highest BCUT2D eigenvalue weighted by Crippen LogP contribution is 2.23. The number of guanidine groups is 1. The van der Waals surface area contributed by atoms with Gasteiger partial charge in [-0.25, -0.2) is 9.98 Å². The SMILES string of the molecule is CCNC(=NCC(C)(O)c1ccsc1)NCCn1ccnc1. The number of hydrogen-bond acceptors (Lipinski definition) is 4. The van der Waals surface area contributed by atoms with Crippen molar-refractivity contribution in [2.24, 2.45) is 4.99 Å². The Hall–Kier alpha value is -1.86. The first-order valence-corrected chi connectivity index (χ1v) is 8.29. The highest BCUT2D eigenvalue weighted by atomic mass is 32.1. The summed E-state index contributed by atoms with van der Waals surface area (Å²) >= 11 is 1.57. The van der Waals surface area contributed by atoms with Crippen molar-refractivity contribution in [1.82, 2.24) is 20.2 Å². The second-order valence-electron chi connectivity index (χ2n) is 5.21. The molecule has 3 N–H and O–H groups in total. The fourth-order valence-electron chi connectivity index (χ4n) is 1.96. The zero-order valence-corrected chi connectivity index (χ0v) is 13.8. The minimum atomic E-state index is -0.952. The van der Waals surface area contributed by atoms with Crippen LogP contribution in [0.1, 0.15) is 19.4 Å². The average molecular weight is 321 g/mol. The third kappa shape index (κ3) is 4.85. The number of aliphatic hydroxyl groups is 1. The number of nitrogens with one attached hydrogen (secondary N) is 2. The number of nitrogens with zero attached hydrogens (tertiary/aromatic N) is 3. The summed E-state index contributed by atoms with van der Waals surface area (Å²) in [5.41, 5.74) is -0.0531. The Kier molecular flexibility index (Phi) is 5.97. The van der Waals surface area contributed by atoms with E-state index in [9.17, 15) is 5.11 Å². The molecule has 22 heavy (non-hydrogen) atoms. The summed E-state index contributed by atoms with van der Waals surface area (Å²) in [6, 6.07) is 1.93. The van der Waals surface area contributed by atoms with Crippen molar-refractivity contribution in [1.29, 1.82) is 0 Å². The van der Waals surface area contributed by atoms with Crippen LogP contribution in [0.15, 0.2) is 40.5 Å². The van der Waals surface area contributed by atoms with Crippen molar-refractivity contribution in [2.75, 3.05) is 19.6 Å². The van der Waals surface area contributed by atoms with Crippen molar-refractivity contribution in [3.8, 4) is 0 Å². The van der Waals surface area contributed by atoms with Crippen LogP contribution in [0.4, 0.5) is 0 Å². The Balaban J connectivity index is 1.89. The number of imidazole rings is 1. The maximum atomic E-state index is 10.5. The molecular formula is C15H23N5OS. The van der Waals surface area contributed by atoms with Crippen LogP contribution < -0.4 is 10.6 Å². The molecule has 0 amide bonds. The summed E-state index contributed by atoms with van der Waals surface area (Å²) in [4.78, 5) is 8.49. The van der Waals surface area contributed by atoms with E-state index >= 15 is 0 Å². The van der Waals surface area contributed by atoms with Crippen LogP contribution in [0.3, 0.4) is 0 Å². The van der Waals surface area contributed by atoms with E-state index in [-0.39, 0.29) is 0 Å². The van der Waals surface area contributed by atoms with E-state index in [1.54, 1.807) is 30.8 Å². The molecule has 0 fully saturated rings. The van der Waals surface area contributed by atoms with E-state index in [1.807, 2.05) is 34.5 Å².